The monoisotopic (exact) mass is 320 g/mol. The SMILES string of the molecule is Cc1cccc(C)c1OCCCNC(=O)N1CCC(C(C)O)C1. The lowest BCUT2D eigenvalue weighted by atomic mass is 10.0. The number of nitrogens with one attached hydrogen (secondary N) is 1. The number of carbonyl (C=O) groups excluding carboxylic acids is 1. The lowest BCUT2D eigenvalue weighted by Gasteiger charge is -2.18. The van der Waals surface area contributed by atoms with Crippen LogP contribution in [0.3, 0.4) is 0 Å². The molecule has 128 valence electrons. The summed E-state index contributed by atoms with van der Waals surface area (Å²) in [5.74, 6) is 1.14. The maximum atomic E-state index is 12.0. The lowest BCUT2D eigenvalue weighted by molar-refractivity contribution is 0.129. The maximum Gasteiger partial charge on any atom is 0.317 e. The van der Waals surface area contributed by atoms with Crippen molar-refractivity contribution in [3.8, 4) is 5.75 Å². The molecule has 2 amide bonds. The summed E-state index contributed by atoms with van der Waals surface area (Å²) in [6.07, 6.45) is 1.30. The summed E-state index contributed by atoms with van der Waals surface area (Å²) in [7, 11) is 0. The average Bonchev–Trinajstić information content (AvgIpc) is 2.99. The Morgan fingerprint density at radius 1 is 1.43 bits per heavy atom. The van der Waals surface area contributed by atoms with Crippen molar-refractivity contribution < 1.29 is 14.6 Å². The van der Waals surface area contributed by atoms with Gasteiger partial charge in [0.15, 0.2) is 0 Å². The van der Waals surface area contributed by atoms with Crippen molar-refractivity contribution in [2.75, 3.05) is 26.2 Å². The molecule has 1 aliphatic heterocycles. The number of ether oxygens (including phenoxy) is 1. The van der Waals surface area contributed by atoms with Crippen molar-refractivity contribution in [3.63, 3.8) is 0 Å². The van der Waals surface area contributed by atoms with E-state index in [1.54, 1.807) is 11.8 Å². The summed E-state index contributed by atoms with van der Waals surface area (Å²) in [5.41, 5.74) is 2.27. The number of urea groups is 1. The Morgan fingerprint density at radius 2 is 2.13 bits per heavy atom. The van der Waals surface area contributed by atoms with Gasteiger partial charge in [0.2, 0.25) is 0 Å². The van der Waals surface area contributed by atoms with Gasteiger partial charge < -0.3 is 20.1 Å². The number of rotatable bonds is 6. The molecule has 0 aromatic heterocycles. The van der Waals surface area contributed by atoms with E-state index in [9.17, 15) is 9.90 Å². The van der Waals surface area contributed by atoms with Gasteiger partial charge >= 0.3 is 6.03 Å². The summed E-state index contributed by atoms with van der Waals surface area (Å²) in [5, 5.41) is 12.5. The zero-order valence-electron chi connectivity index (χ0n) is 14.3. The second kappa shape index (κ2) is 8.20. The number of carbonyl (C=O) groups is 1. The molecule has 1 aromatic rings. The Morgan fingerprint density at radius 3 is 2.74 bits per heavy atom. The first kappa shape index (κ1) is 17.6. The first-order chi connectivity index (χ1) is 11.0. The summed E-state index contributed by atoms with van der Waals surface area (Å²) in [6, 6.07) is 6.06. The number of para-hydroxylation sites is 1. The Bertz CT molecular complexity index is 511. The first-order valence-electron chi connectivity index (χ1n) is 8.39. The van der Waals surface area contributed by atoms with E-state index in [1.165, 1.54) is 0 Å². The van der Waals surface area contributed by atoms with Gasteiger partial charge in [-0.05, 0) is 44.7 Å². The predicted octanol–water partition coefficient (Wildman–Crippen LogP) is 2.48. The van der Waals surface area contributed by atoms with Gasteiger partial charge in [0.05, 0.1) is 12.7 Å². The van der Waals surface area contributed by atoms with Gasteiger partial charge in [-0.1, -0.05) is 18.2 Å². The quantitative estimate of drug-likeness (QED) is 0.792. The molecule has 0 aliphatic carbocycles. The number of amides is 2. The van der Waals surface area contributed by atoms with E-state index < -0.39 is 0 Å². The Kier molecular flexibility index (Phi) is 6.28. The number of nitrogens with zero attached hydrogens (tertiary/aromatic N) is 1. The molecule has 0 bridgehead atoms. The van der Waals surface area contributed by atoms with Crippen LogP contribution in [0.25, 0.3) is 0 Å². The van der Waals surface area contributed by atoms with E-state index in [-0.39, 0.29) is 18.1 Å². The van der Waals surface area contributed by atoms with E-state index in [0.29, 0.717) is 19.7 Å². The normalized spacial score (nSPS) is 18.8. The molecule has 2 unspecified atom stereocenters. The van der Waals surface area contributed by atoms with E-state index in [1.807, 2.05) is 32.0 Å². The third-order valence-electron chi connectivity index (χ3n) is 4.45. The van der Waals surface area contributed by atoms with Gasteiger partial charge in [-0.3, -0.25) is 0 Å². The number of aliphatic hydroxyl groups is 1. The van der Waals surface area contributed by atoms with Gasteiger partial charge in [0.1, 0.15) is 5.75 Å². The number of aliphatic hydroxyl groups excluding tert-OH is 1. The highest BCUT2D eigenvalue weighted by Gasteiger charge is 2.28. The Hall–Kier alpha value is -1.75. The van der Waals surface area contributed by atoms with E-state index in [2.05, 4.69) is 5.32 Å². The van der Waals surface area contributed by atoms with Crippen molar-refractivity contribution in [2.45, 2.75) is 39.7 Å². The summed E-state index contributed by atoms with van der Waals surface area (Å²) in [4.78, 5) is 13.8. The molecule has 23 heavy (non-hydrogen) atoms. The summed E-state index contributed by atoms with van der Waals surface area (Å²) >= 11 is 0. The van der Waals surface area contributed by atoms with Gasteiger partial charge in [-0.15, -0.1) is 0 Å². The molecule has 0 radical (unpaired) electrons. The van der Waals surface area contributed by atoms with Crippen LogP contribution in [0.5, 0.6) is 5.75 Å². The largest absolute Gasteiger partial charge is 0.493 e. The van der Waals surface area contributed by atoms with E-state index in [4.69, 9.17) is 4.74 Å². The van der Waals surface area contributed by atoms with Crippen LogP contribution >= 0.6 is 0 Å². The van der Waals surface area contributed by atoms with Gasteiger partial charge in [-0.25, -0.2) is 4.79 Å². The molecule has 5 nitrogen and oxygen atoms in total. The fourth-order valence-corrected chi connectivity index (χ4v) is 2.95. The third-order valence-corrected chi connectivity index (χ3v) is 4.45. The molecule has 1 aliphatic rings. The van der Waals surface area contributed by atoms with Crippen LogP contribution in [0.4, 0.5) is 4.79 Å². The molecule has 0 saturated carbocycles. The predicted molar refractivity (Wildman–Crippen MR) is 90.8 cm³/mol. The summed E-state index contributed by atoms with van der Waals surface area (Å²) < 4.78 is 5.83. The minimum Gasteiger partial charge on any atom is -0.493 e. The number of hydrogen-bond donors (Lipinski definition) is 2. The smallest absolute Gasteiger partial charge is 0.317 e. The minimum absolute atomic E-state index is 0.0415. The van der Waals surface area contributed by atoms with Crippen LogP contribution in [0, 0.1) is 19.8 Å². The molecule has 1 aromatic carbocycles. The molecule has 2 N–H and O–H groups in total. The van der Waals surface area contributed by atoms with E-state index >= 15 is 0 Å². The molecule has 5 heteroatoms. The fourth-order valence-electron chi connectivity index (χ4n) is 2.95. The van der Waals surface area contributed by atoms with Gasteiger partial charge in [-0.2, -0.15) is 0 Å². The van der Waals surface area contributed by atoms with Crippen molar-refractivity contribution in [1.29, 1.82) is 0 Å². The topological polar surface area (TPSA) is 61.8 Å². The molecule has 1 heterocycles. The van der Waals surface area contributed by atoms with Crippen molar-refractivity contribution in [1.82, 2.24) is 10.2 Å². The van der Waals surface area contributed by atoms with Crippen LogP contribution in [0.15, 0.2) is 18.2 Å². The Balaban J connectivity index is 1.65. The number of hydrogen-bond acceptors (Lipinski definition) is 3. The number of benzene rings is 1. The van der Waals surface area contributed by atoms with Gasteiger partial charge in [0, 0.05) is 25.6 Å². The molecular weight excluding hydrogens is 292 g/mol. The second-order valence-corrected chi connectivity index (χ2v) is 6.39. The van der Waals surface area contributed by atoms with Crippen molar-refractivity contribution >= 4 is 6.03 Å². The van der Waals surface area contributed by atoms with Crippen LogP contribution in [0.1, 0.15) is 30.9 Å². The third kappa shape index (κ3) is 4.86. The van der Waals surface area contributed by atoms with Crippen LogP contribution in [0.2, 0.25) is 0 Å². The van der Waals surface area contributed by atoms with Gasteiger partial charge in [0.25, 0.3) is 0 Å². The number of aryl methyl sites for hydroxylation is 2. The van der Waals surface area contributed by atoms with E-state index in [0.717, 1.165) is 36.3 Å². The highest BCUT2D eigenvalue weighted by Crippen LogP contribution is 2.22. The standard InChI is InChI=1S/C18H28N2O3/c1-13-6-4-7-14(2)17(13)23-11-5-9-19-18(22)20-10-8-16(12-20)15(3)21/h4,6-7,15-16,21H,5,8-12H2,1-3H3,(H,19,22). The zero-order chi connectivity index (χ0) is 16.8. The highest BCUT2D eigenvalue weighted by atomic mass is 16.5. The molecule has 2 atom stereocenters. The lowest BCUT2D eigenvalue weighted by Crippen LogP contribution is -2.39. The molecule has 0 spiro atoms. The number of likely N-dealkylation sites (tertiary alicyclic amines) is 1. The van der Waals surface area contributed by atoms with Crippen molar-refractivity contribution in [2.24, 2.45) is 5.92 Å². The van der Waals surface area contributed by atoms with Crippen LogP contribution in [-0.2, 0) is 0 Å². The molecule has 2 rings (SSSR count). The molecule has 1 saturated heterocycles. The van der Waals surface area contributed by atoms with Crippen LogP contribution in [-0.4, -0.2) is 48.4 Å². The Labute approximate surface area is 138 Å². The zero-order valence-corrected chi connectivity index (χ0v) is 14.3. The second-order valence-electron chi connectivity index (χ2n) is 6.39. The van der Waals surface area contributed by atoms with Crippen molar-refractivity contribution in [3.05, 3.63) is 29.3 Å². The summed E-state index contributed by atoms with van der Waals surface area (Å²) in [6.45, 7) is 8.41. The maximum absolute atomic E-state index is 12.0. The molecular formula is C18H28N2O3. The fraction of sp³-hybridized carbons (Fsp3) is 0.611. The molecule has 1 fully saturated rings. The highest BCUT2D eigenvalue weighted by molar-refractivity contribution is 5.74. The minimum atomic E-state index is -0.349. The first-order valence-corrected chi connectivity index (χ1v) is 8.39. The van der Waals surface area contributed by atoms with Crippen LogP contribution < -0.4 is 10.1 Å². The average molecular weight is 320 g/mol.